The molecule has 2 rings (SSSR count). The van der Waals surface area contributed by atoms with Crippen molar-refractivity contribution >= 4 is 11.3 Å². The van der Waals surface area contributed by atoms with Crippen molar-refractivity contribution in [2.45, 2.75) is 39.8 Å². The highest BCUT2D eigenvalue weighted by atomic mass is 32.1. The van der Waals surface area contributed by atoms with E-state index in [-0.39, 0.29) is 0 Å². The van der Waals surface area contributed by atoms with Gasteiger partial charge in [-0.05, 0) is 50.3 Å². The van der Waals surface area contributed by atoms with Gasteiger partial charge in [-0.2, -0.15) is 0 Å². The minimum atomic E-state index is 0.517. The summed E-state index contributed by atoms with van der Waals surface area (Å²) in [5, 5.41) is 5.76. The Balaban J connectivity index is 1.89. The van der Waals surface area contributed by atoms with Crippen LogP contribution in [0.5, 0.6) is 0 Å². The monoisotopic (exact) mass is 262 g/mol. The zero-order valence-corrected chi connectivity index (χ0v) is 12.5. The van der Waals surface area contributed by atoms with Crippen LogP contribution in [0, 0.1) is 13.8 Å². The second-order valence-electron chi connectivity index (χ2n) is 5.02. The predicted molar refractivity (Wildman–Crippen MR) is 79.2 cm³/mol. The number of aromatic nitrogens is 1. The van der Waals surface area contributed by atoms with Crippen LogP contribution in [0.3, 0.4) is 0 Å². The maximum atomic E-state index is 3.61. The van der Waals surface area contributed by atoms with E-state index in [0.29, 0.717) is 6.04 Å². The molecule has 0 bridgehead atoms. The molecule has 3 heteroatoms. The van der Waals surface area contributed by atoms with Crippen LogP contribution in [0.15, 0.2) is 23.6 Å². The normalized spacial score (nSPS) is 12.9. The molecule has 2 aromatic rings. The second-order valence-corrected chi connectivity index (χ2v) is 6.05. The molecular weight excluding hydrogens is 240 g/mol. The SMILES string of the molecule is Cc1cc(CNC(C)Cc2cccs2)c(C)n1C. The molecule has 0 aliphatic heterocycles. The Labute approximate surface area is 114 Å². The summed E-state index contributed by atoms with van der Waals surface area (Å²) in [6.45, 7) is 7.56. The van der Waals surface area contributed by atoms with Gasteiger partial charge in [0.1, 0.15) is 0 Å². The highest BCUT2D eigenvalue weighted by molar-refractivity contribution is 7.09. The summed E-state index contributed by atoms with van der Waals surface area (Å²) in [6.07, 6.45) is 1.11. The number of thiophene rings is 1. The van der Waals surface area contributed by atoms with Gasteiger partial charge in [0.2, 0.25) is 0 Å². The molecule has 98 valence electrons. The summed E-state index contributed by atoms with van der Waals surface area (Å²) in [5.74, 6) is 0. The van der Waals surface area contributed by atoms with Gasteiger partial charge < -0.3 is 9.88 Å². The highest BCUT2D eigenvalue weighted by Crippen LogP contribution is 2.14. The molecule has 0 saturated heterocycles. The van der Waals surface area contributed by atoms with Crippen LogP contribution in [-0.4, -0.2) is 10.6 Å². The Morgan fingerprint density at radius 3 is 2.72 bits per heavy atom. The second kappa shape index (κ2) is 5.72. The summed E-state index contributed by atoms with van der Waals surface area (Å²) in [6, 6.07) is 7.13. The van der Waals surface area contributed by atoms with E-state index in [9.17, 15) is 0 Å². The molecule has 2 aromatic heterocycles. The lowest BCUT2D eigenvalue weighted by Crippen LogP contribution is -2.27. The molecule has 0 aliphatic rings. The molecule has 2 nitrogen and oxygen atoms in total. The Hall–Kier alpha value is -1.06. The van der Waals surface area contributed by atoms with Crippen LogP contribution in [0.1, 0.15) is 28.8 Å². The third-order valence-corrected chi connectivity index (χ3v) is 4.51. The van der Waals surface area contributed by atoms with Gasteiger partial charge in [0, 0.05) is 35.9 Å². The van der Waals surface area contributed by atoms with Crippen LogP contribution in [-0.2, 0) is 20.0 Å². The van der Waals surface area contributed by atoms with E-state index < -0.39 is 0 Å². The lowest BCUT2D eigenvalue weighted by atomic mass is 10.2. The molecule has 0 radical (unpaired) electrons. The van der Waals surface area contributed by atoms with E-state index in [1.54, 1.807) is 0 Å². The van der Waals surface area contributed by atoms with E-state index in [4.69, 9.17) is 0 Å². The number of rotatable bonds is 5. The van der Waals surface area contributed by atoms with Crippen molar-refractivity contribution in [1.29, 1.82) is 0 Å². The molecule has 2 heterocycles. The van der Waals surface area contributed by atoms with Crippen molar-refractivity contribution in [2.24, 2.45) is 7.05 Å². The van der Waals surface area contributed by atoms with Gasteiger partial charge >= 0.3 is 0 Å². The van der Waals surface area contributed by atoms with Crippen molar-refractivity contribution in [3.63, 3.8) is 0 Å². The zero-order valence-electron chi connectivity index (χ0n) is 11.7. The Bertz CT molecular complexity index is 497. The van der Waals surface area contributed by atoms with Gasteiger partial charge in [-0.3, -0.25) is 0 Å². The fourth-order valence-corrected chi connectivity index (χ4v) is 3.03. The standard InChI is InChI=1S/C15H22N2S/c1-11(8-15-6-5-7-18-15)16-10-14-9-12(2)17(4)13(14)3/h5-7,9,11,16H,8,10H2,1-4H3. The maximum absolute atomic E-state index is 3.61. The molecule has 1 N–H and O–H groups in total. The summed E-state index contributed by atoms with van der Waals surface area (Å²) >= 11 is 1.84. The van der Waals surface area contributed by atoms with Crippen LogP contribution >= 0.6 is 11.3 Å². The summed E-state index contributed by atoms with van der Waals surface area (Å²) in [7, 11) is 2.13. The number of nitrogens with zero attached hydrogens (tertiary/aromatic N) is 1. The fraction of sp³-hybridized carbons (Fsp3) is 0.467. The molecule has 1 atom stereocenters. The Morgan fingerprint density at radius 2 is 2.17 bits per heavy atom. The number of nitrogens with one attached hydrogen (secondary N) is 1. The molecule has 18 heavy (non-hydrogen) atoms. The lowest BCUT2D eigenvalue weighted by molar-refractivity contribution is 0.547. The van der Waals surface area contributed by atoms with Crippen molar-refractivity contribution < 1.29 is 0 Å². The van der Waals surface area contributed by atoms with Crippen LogP contribution < -0.4 is 5.32 Å². The molecular formula is C15H22N2S. The molecule has 0 spiro atoms. The van der Waals surface area contributed by atoms with Crippen LogP contribution in [0.25, 0.3) is 0 Å². The van der Waals surface area contributed by atoms with E-state index in [1.807, 2.05) is 11.3 Å². The number of hydrogen-bond acceptors (Lipinski definition) is 2. The van der Waals surface area contributed by atoms with Gasteiger partial charge in [-0.25, -0.2) is 0 Å². The average molecular weight is 262 g/mol. The van der Waals surface area contributed by atoms with Crippen LogP contribution in [0.4, 0.5) is 0 Å². The largest absolute Gasteiger partial charge is 0.352 e. The van der Waals surface area contributed by atoms with Crippen molar-refractivity contribution in [3.05, 3.63) is 45.4 Å². The molecule has 0 aliphatic carbocycles. The van der Waals surface area contributed by atoms with Gasteiger partial charge in [0.25, 0.3) is 0 Å². The molecule has 0 amide bonds. The smallest absolute Gasteiger partial charge is 0.0225 e. The van der Waals surface area contributed by atoms with E-state index in [1.165, 1.54) is 21.8 Å². The molecule has 0 saturated carbocycles. The highest BCUT2D eigenvalue weighted by Gasteiger charge is 2.08. The lowest BCUT2D eigenvalue weighted by Gasteiger charge is -2.12. The Kier molecular flexibility index (Phi) is 4.25. The van der Waals surface area contributed by atoms with E-state index in [2.05, 4.69) is 61.3 Å². The molecule has 0 aromatic carbocycles. The third-order valence-electron chi connectivity index (χ3n) is 3.61. The fourth-order valence-electron chi connectivity index (χ4n) is 2.20. The van der Waals surface area contributed by atoms with E-state index >= 15 is 0 Å². The average Bonchev–Trinajstić information content (AvgIpc) is 2.92. The van der Waals surface area contributed by atoms with Crippen LogP contribution in [0.2, 0.25) is 0 Å². The predicted octanol–water partition coefficient (Wildman–Crippen LogP) is 3.42. The quantitative estimate of drug-likeness (QED) is 0.873. The van der Waals surface area contributed by atoms with Gasteiger partial charge in [-0.15, -0.1) is 11.3 Å². The van der Waals surface area contributed by atoms with Crippen molar-refractivity contribution in [3.8, 4) is 0 Å². The van der Waals surface area contributed by atoms with Gasteiger partial charge in [-0.1, -0.05) is 6.07 Å². The van der Waals surface area contributed by atoms with Crippen molar-refractivity contribution in [1.82, 2.24) is 9.88 Å². The minimum Gasteiger partial charge on any atom is -0.352 e. The Morgan fingerprint density at radius 1 is 1.39 bits per heavy atom. The van der Waals surface area contributed by atoms with Gasteiger partial charge in [0.05, 0.1) is 0 Å². The van der Waals surface area contributed by atoms with Gasteiger partial charge in [0.15, 0.2) is 0 Å². The minimum absolute atomic E-state index is 0.517. The first-order chi connectivity index (χ1) is 8.58. The maximum Gasteiger partial charge on any atom is 0.0225 e. The summed E-state index contributed by atoms with van der Waals surface area (Å²) in [5.41, 5.74) is 4.10. The first-order valence-corrected chi connectivity index (χ1v) is 7.33. The first kappa shape index (κ1) is 13.4. The zero-order chi connectivity index (χ0) is 13.1. The number of hydrogen-bond donors (Lipinski definition) is 1. The van der Waals surface area contributed by atoms with E-state index in [0.717, 1.165) is 13.0 Å². The first-order valence-electron chi connectivity index (χ1n) is 6.45. The number of aryl methyl sites for hydroxylation is 1. The summed E-state index contributed by atoms with van der Waals surface area (Å²) < 4.78 is 2.25. The molecule has 0 fully saturated rings. The van der Waals surface area contributed by atoms with Crippen molar-refractivity contribution in [2.75, 3.05) is 0 Å². The summed E-state index contributed by atoms with van der Waals surface area (Å²) in [4.78, 5) is 1.45. The topological polar surface area (TPSA) is 17.0 Å². The molecule has 1 unspecified atom stereocenters. The third kappa shape index (κ3) is 3.03.